The average Bonchev–Trinajstić information content (AvgIpc) is 2.86. The molecule has 1 aromatic carbocycles. The molecule has 0 aliphatic carbocycles. The number of hydrogen-bond donors (Lipinski definition) is 1. The summed E-state index contributed by atoms with van der Waals surface area (Å²) in [6.07, 6.45) is 6.53. The minimum absolute atomic E-state index is 0.0288. The average molecular weight is 266 g/mol. The predicted molar refractivity (Wildman–Crippen MR) is 83.6 cm³/mol. The van der Waals surface area contributed by atoms with E-state index in [1.165, 1.54) is 0 Å². The van der Waals surface area contributed by atoms with E-state index in [-0.39, 0.29) is 5.54 Å². The van der Waals surface area contributed by atoms with Crippen LogP contribution in [0.3, 0.4) is 0 Å². The number of furan rings is 1. The van der Waals surface area contributed by atoms with E-state index in [1.54, 1.807) is 6.26 Å². The van der Waals surface area contributed by atoms with Crippen molar-refractivity contribution >= 4 is 23.2 Å². The SMILES string of the molecule is CC1(C)CC(C=Cc2ccco2)=Nc2ccccc2N1. The third-order valence-corrected chi connectivity index (χ3v) is 3.25. The lowest BCUT2D eigenvalue weighted by Gasteiger charge is -2.25. The number of hydrogen-bond acceptors (Lipinski definition) is 3. The lowest BCUT2D eigenvalue weighted by atomic mass is 9.97. The van der Waals surface area contributed by atoms with Crippen LogP contribution in [-0.2, 0) is 0 Å². The summed E-state index contributed by atoms with van der Waals surface area (Å²) in [5.74, 6) is 0.844. The Balaban J connectivity index is 1.95. The van der Waals surface area contributed by atoms with E-state index >= 15 is 0 Å². The van der Waals surface area contributed by atoms with Crippen molar-refractivity contribution < 1.29 is 4.42 Å². The number of para-hydroxylation sites is 2. The molecule has 2 heterocycles. The van der Waals surface area contributed by atoms with Crippen molar-refractivity contribution in [2.45, 2.75) is 25.8 Å². The van der Waals surface area contributed by atoms with Crippen molar-refractivity contribution in [1.82, 2.24) is 0 Å². The maximum atomic E-state index is 5.32. The Hall–Kier alpha value is -2.29. The second-order valence-electron chi connectivity index (χ2n) is 5.65. The van der Waals surface area contributed by atoms with E-state index in [0.717, 1.165) is 29.3 Å². The van der Waals surface area contributed by atoms with Crippen LogP contribution < -0.4 is 5.32 Å². The van der Waals surface area contributed by atoms with E-state index < -0.39 is 0 Å². The van der Waals surface area contributed by atoms with Crippen molar-refractivity contribution in [1.29, 1.82) is 0 Å². The monoisotopic (exact) mass is 266 g/mol. The van der Waals surface area contributed by atoms with Crippen LogP contribution >= 0.6 is 0 Å². The molecule has 2 aromatic rings. The van der Waals surface area contributed by atoms with Gasteiger partial charge >= 0.3 is 0 Å². The first-order valence-corrected chi connectivity index (χ1v) is 6.79. The summed E-state index contributed by atoms with van der Waals surface area (Å²) in [7, 11) is 0. The molecule has 1 aliphatic heterocycles. The fraction of sp³-hybridized carbons (Fsp3) is 0.235. The lowest BCUT2D eigenvalue weighted by Crippen LogP contribution is -2.32. The Kier molecular flexibility index (Phi) is 3.18. The molecule has 20 heavy (non-hydrogen) atoms. The molecule has 3 heteroatoms. The molecule has 0 saturated carbocycles. The van der Waals surface area contributed by atoms with Crippen LogP contribution in [0.1, 0.15) is 26.0 Å². The van der Waals surface area contributed by atoms with Crippen LogP contribution in [0.5, 0.6) is 0 Å². The molecular weight excluding hydrogens is 248 g/mol. The van der Waals surface area contributed by atoms with Gasteiger partial charge in [0.15, 0.2) is 0 Å². The highest BCUT2D eigenvalue weighted by Gasteiger charge is 2.23. The molecule has 1 N–H and O–H groups in total. The zero-order valence-electron chi connectivity index (χ0n) is 11.8. The topological polar surface area (TPSA) is 37.5 Å². The molecule has 0 spiro atoms. The Morgan fingerprint density at radius 1 is 1.15 bits per heavy atom. The van der Waals surface area contributed by atoms with Crippen molar-refractivity contribution in [3.05, 3.63) is 54.5 Å². The Morgan fingerprint density at radius 2 is 2.00 bits per heavy atom. The van der Waals surface area contributed by atoms with Gasteiger partial charge in [0.05, 0.1) is 17.6 Å². The quantitative estimate of drug-likeness (QED) is 0.858. The molecule has 3 nitrogen and oxygen atoms in total. The molecule has 0 bridgehead atoms. The molecule has 0 radical (unpaired) electrons. The molecule has 0 saturated heterocycles. The summed E-state index contributed by atoms with van der Waals surface area (Å²) in [5, 5.41) is 3.55. The Labute approximate surface area is 119 Å². The van der Waals surface area contributed by atoms with Gasteiger partial charge in [-0.3, -0.25) is 4.99 Å². The van der Waals surface area contributed by atoms with Gasteiger partial charge in [-0.05, 0) is 50.3 Å². The summed E-state index contributed by atoms with van der Waals surface area (Å²) < 4.78 is 5.32. The molecular formula is C17H18N2O. The third kappa shape index (κ3) is 2.82. The van der Waals surface area contributed by atoms with Gasteiger partial charge in [-0.2, -0.15) is 0 Å². The van der Waals surface area contributed by atoms with Gasteiger partial charge in [-0.25, -0.2) is 0 Å². The van der Waals surface area contributed by atoms with Gasteiger partial charge in [0.2, 0.25) is 0 Å². The normalized spacial score (nSPS) is 17.2. The predicted octanol–water partition coefficient (Wildman–Crippen LogP) is 4.66. The van der Waals surface area contributed by atoms with E-state index in [4.69, 9.17) is 9.41 Å². The summed E-state index contributed by atoms with van der Waals surface area (Å²) in [4.78, 5) is 4.76. The maximum Gasteiger partial charge on any atom is 0.126 e. The van der Waals surface area contributed by atoms with Crippen LogP contribution in [0.4, 0.5) is 11.4 Å². The highest BCUT2D eigenvalue weighted by Crippen LogP contribution is 2.32. The van der Waals surface area contributed by atoms with Gasteiger partial charge < -0.3 is 9.73 Å². The first kappa shape index (κ1) is 12.7. The number of rotatable bonds is 2. The Bertz CT molecular complexity index is 651. The summed E-state index contributed by atoms with van der Waals surface area (Å²) >= 11 is 0. The van der Waals surface area contributed by atoms with Crippen molar-refractivity contribution in [3.63, 3.8) is 0 Å². The van der Waals surface area contributed by atoms with Gasteiger partial charge in [-0.1, -0.05) is 12.1 Å². The van der Waals surface area contributed by atoms with Gasteiger partial charge in [0, 0.05) is 17.7 Å². The van der Waals surface area contributed by atoms with Crippen LogP contribution in [0.2, 0.25) is 0 Å². The van der Waals surface area contributed by atoms with Crippen molar-refractivity contribution in [2.75, 3.05) is 5.32 Å². The van der Waals surface area contributed by atoms with E-state index in [2.05, 4.69) is 25.2 Å². The zero-order chi connectivity index (χ0) is 14.0. The van der Waals surface area contributed by atoms with Gasteiger partial charge in [-0.15, -0.1) is 0 Å². The van der Waals surface area contributed by atoms with Crippen molar-refractivity contribution in [3.8, 4) is 0 Å². The number of fused-ring (bicyclic) bond motifs is 1. The smallest absolute Gasteiger partial charge is 0.126 e. The number of aliphatic imine (C=N–C) groups is 1. The van der Waals surface area contributed by atoms with Gasteiger partial charge in [0.1, 0.15) is 5.76 Å². The number of nitrogens with zero attached hydrogens (tertiary/aromatic N) is 1. The number of nitrogens with one attached hydrogen (secondary N) is 1. The second kappa shape index (κ2) is 5.00. The molecule has 102 valence electrons. The lowest BCUT2D eigenvalue weighted by molar-refractivity contribution is 0.557. The number of benzene rings is 1. The van der Waals surface area contributed by atoms with Crippen LogP contribution in [0.15, 0.2) is 58.1 Å². The second-order valence-corrected chi connectivity index (χ2v) is 5.65. The maximum absolute atomic E-state index is 5.32. The molecule has 0 unspecified atom stereocenters. The standard InChI is InChI=1S/C17H18N2O/c1-17(2)12-13(9-10-14-6-5-11-20-14)18-15-7-3-4-8-16(15)19-17/h3-11,19H,12H2,1-2H3. The summed E-state index contributed by atoms with van der Waals surface area (Å²) in [6, 6.07) is 12.0. The minimum Gasteiger partial charge on any atom is -0.465 e. The molecule has 0 atom stereocenters. The highest BCUT2D eigenvalue weighted by atomic mass is 16.3. The first-order chi connectivity index (χ1) is 9.62. The molecule has 1 aliphatic rings. The fourth-order valence-corrected chi connectivity index (χ4v) is 2.39. The van der Waals surface area contributed by atoms with Crippen LogP contribution in [0, 0.1) is 0 Å². The number of allylic oxidation sites excluding steroid dienone is 1. The third-order valence-electron chi connectivity index (χ3n) is 3.25. The van der Waals surface area contributed by atoms with Crippen molar-refractivity contribution in [2.24, 2.45) is 4.99 Å². The Morgan fingerprint density at radius 3 is 2.80 bits per heavy atom. The summed E-state index contributed by atoms with van der Waals surface area (Å²) in [5.41, 5.74) is 3.08. The van der Waals surface area contributed by atoms with Crippen LogP contribution in [0.25, 0.3) is 6.08 Å². The van der Waals surface area contributed by atoms with E-state index in [1.807, 2.05) is 42.5 Å². The van der Waals surface area contributed by atoms with E-state index in [9.17, 15) is 0 Å². The van der Waals surface area contributed by atoms with Gasteiger partial charge in [0.25, 0.3) is 0 Å². The highest BCUT2D eigenvalue weighted by molar-refractivity contribution is 6.02. The molecule has 1 aromatic heterocycles. The summed E-state index contributed by atoms with van der Waals surface area (Å²) in [6.45, 7) is 4.37. The van der Waals surface area contributed by atoms with E-state index in [0.29, 0.717) is 0 Å². The number of anilines is 1. The molecule has 0 fully saturated rings. The molecule has 3 rings (SSSR count). The molecule has 0 amide bonds. The largest absolute Gasteiger partial charge is 0.465 e. The fourth-order valence-electron chi connectivity index (χ4n) is 2.39. The van der Waals surface area contributed by atoms with Crippen LogP contribution in [-0.4, -0.2) is 11.3 Å². The zero-order valence-corrected chi connectivity index (χ0v) is 11.8. The minimum atomic E-state index is -0.0288. The first-order valence-electron chi connectivity index (χ1n) is 6.79.